The topological polar surface area (TPSA) is 52.6 Å². The number of amides is 1. The first-order valence-electron chi connectivity index (χ1n) is 8.70. The van der Waals surface area contributed by atoms with Gasteiger partial charge in [-0.3, -0.25) is 4.79 Å². The summed E-state index contributed by atoms with van der Waals surface area (Å²) >= 11 is 0. The first-order chi connectivity index (χ1) is 11.9. The molecule has 4 nitrogen and oxygen atoms in total. The van der Waals surface area contributed by atoms with Crippen LogP contribution in [0.3, 0.4) is 0 Å². The number of nitrogens with zero attached hydrogens (tertiary/aromatic N) is 1. The summed E-state index contributed by atoms with van der Waals surface area (Å²) in [5, 5.41) is 12.6. The average molecular weight is 338 g/mol. The summed E-state index contributed by atoms with van der Waals surface area (Å²) in [5.41, 5.74) is 5.07. The number of aliphatic hydroxyl groups is 1. The molecule has 0 saturated heterocycles. The minimum Gasteiger partial charge on any atom is -0.387 e. The maximum Gasteiger partial charge on any atom is 0.248 e. The molecule has 132 valence electrons. The van der Waals surface area contributed by atoms with Gasteiger partial charge in [0.25, 0.3) is 0 Å². The lowest BCUT2D eigenvalue weighted by Crippen LogP contribution is -2.36. The van der Waals surface area contributed by atoms with Crippen molar-refractivity contribution in [1.82, 2.24) is 4.90 Å². The van der Waals surface area contributed by atoms with Crippen LogP contribution in [-0.4, -0.2) is 35.6 Å². The minimum absolute atomic E-state index is 0.0863. The molecule has 4 heteroatoms. The molecule has 0 heterocycles. The van der Waals surface area contributed by atoms with Crippen LogP contribution in [0.15, 0.2) is 48.5 Å². The normalized spacial score (nSPS) is 17.8. The molecule has 2 aromatic carbocycles. The van der Waals surface area contributed by atoms with Crippen molar-refractivity contribution in [1.29, 1.82) is 0 Å². The standard InChI is InChI=1S/C21H26N2O2/c1-21(2)18-7-5-4-6-16(18)12-19(21)22-17-10-8-15(9-11-17)13-23(3)20(25)14-24/h4-11,19,22,24H,12-14H2,1-3H3. The molecule has 0 bridgehead atoms. The molecule has 25 heavy (non-hydrogen) atoms. The molecule has 0 fully saturated rings. The van der Waals surface area contributed by atoms with Crippen LogP contribution in [0.25, 0.3) is 0 Å². The van der Waals surface area contributed by atoms with Gasteiger partial charge in [0.2, 0.25) is 5.91 Å². The quantitative estimate of drug-likeness (QED) is 0.881. The van der Waals surface area contributed by atoms with Crippen LogP contribution in [0.2, 0.25) is 0 Å². The lowest BCUT2D eigenvalue weighted by atomic mass is 9.83. The van der Waals surface area contributed by atoms with Crippen molar-refractivity contribution in [2.45, 2.75) is 38.3 Å². The zero-order valence-electron chi connectivity index (χ0n) is 15.1. The van der Waals surface area contributed by atoms with E-state index in [0.717, 1.165) is 17.7 Å². The van der Waals surface area contributed by atoms with E-state index in [1.165, 1.54) is 16.0 Å². The van der Waals surface area contributed by atoms with E-state index in [4.69, 9.17) is 5.11 Å². The second-order valence-corrected chi connectivity index (χ2v) is 7.38. The van der Waals surface area contributed by atoms with E-state index >= 15 is 0 Å². The molecule has 0 aliphatic heterocycles. The van der Waals surface area contributed by atoms with Crippen LogP contribution in [0.1, 0.15) is 30.5 Å². The molecule has 0 aromatic heterocycles. The van der Waals surface area contributed by atoms with Crippen LogP contribution >= 0.6 is 0 Å². The molecule has 1 amide bonds. The van der Waals surface area contributed by atoms with E-state index in [9.17, 15) is 4.79 Å². The van der Waals surface area contributed by atoms with E-state index in [1.807, 2.05) is 12.1 Å². The van der Waals surface area contributed by atoms with Crippen molar-refractivity contribution < 1.29 is 9.90 Å². The molecule has 2 N–H and O–H groups in total. The maximum atomic E-state index is 11.5. The van der Waals surface area contributed by atoms with Crippen molar-refractivity contribution in [2.24, 2.45) is 0 Å². The van der Waals surface area contributed by atoms with E-state index in [2.05, 4.69) is 55.6 Å². The summed E-state index contributed by atoms with van der Waals surface area (Å²) < 4.78 is 0. The van der Waals surface area contributed by atoms with Crippen LogP contribution in [-0.2, 0) is 23.2 Å². The van der Waals surface area contributed by atoms with Gasteiger partial charge in [0.05, 0.1) is 0 Å². The van der Waals surface area contributed by atoms with Crippen LogP contribution in [0.5, 0.6) is 0 Å². The number of anilines is 1. The molecule has 1 atom stereocenters. The SMILES string of the molecule is CN(Cc1ccc(NC2Cc3ccccc3C2(C)C)cc1)C(=O)CO. The Morgan fingerprint density at radius 3 is 2.52 bits per heavy atom. The fraction of sp³-hybridized carbons (Fsp3) is 0.381. The molecule has 1 aliphatic rings. The van der Waals surface area contributed by atoms with E-state index < -0.39 is 6.61 Å². The third kappa shape index (κ3) is 3.54. The Morgan fingerprint density at radius 2 is 1.88 bits per heavy atom. The molecular formula is C21H26N2O2. The number of likely N-dealkylation sites (N-methyl/N-ethyl adjacent to an activating group) is 1. The van der Waals surface area contributed by atoms with Crippen molar-refractivity contribution in [3.63, 3.8) is 0 Å². The van der Waals surface area contributed by atoms with Gasteiger partial charge in [-0.05, 0) is 35.2 Å². The number of hydrogen-bond acceptors (Lipinski definition) is 3. The lowest BCUT2D eigenvalue weighted by molar-refractivity contribution is -0.133. The molecule has 0 radical (unpaired) electrons. The number of benzene rings is 2. The van der Waals surface area contributed by atoms with E-state index in [1.54, 1.807) is 7.05 Å². The van der Waals surface area contributed by atoms with Gasteiger partial charge in [-0.2, -0.15) is 0 Å². The first-order valence-corrected chi connectivity index (χ1v) is 8.70. The van der Waals surface area contributed by atoms with Gasteiger partial charge in [0, 0.05) is 30.7 Å². The predicted octanol–water partition coefficient (Wildman–Crippen LogP) is 2.95. The third-order valence-electron chi connectivity index (χ3n) is 5.28. The Balaban J connectivity index is 1.68. The van der Waals surface area contributed by atoms with Crippen LogP contribution in [0.4, 0.5) is 5.69 Å². The number of nitrogens with one attached hydrogen (secondary N) is 1. The third-order valence-corrected chi connectivity index (χ3v) is 5.28. The van der Waals surface area contributed by atoms with Crippen LogP contribution < -0.4 is 5.32 Å². The summed E-state index contributed by atoms with van der Waals surface area (Å²) in [6.07, 6.45) is 1.03. The molecule has 1 unspecified atom stereocenters. The van der Waals surface area contributed by atoms with Gasteiger partial charge >= 0.3 is 0 Å². The Morgan fingerprint density at radius 1 is 1.20 bits per heavy atom. The number of carbonyl (C=O) groups excluding carboxylic acids is 1. The van der Waals surface area contributed by atoms with Crippen molar-refractivity contribution >= 4 is 11.6 Å². The summed E-state index contributed by atoms with van der Waals surface area (Å²) in [5.74, 6) is -0.271. The Bertz CT molecular complexity index is 753. The average Bonchev–Trinajstić information content (AvgIpc) is 2.86. The van der Waals surface area contributed by atoms with Gasteiger partial charge in [-0.25, -0.2) is 0 Å². The largest absolute Gasteiger partial charge is 0.387 e. The Kier molecular flexibility index (Phi) is 4.82. The monoisotopic (exact) mass is 338 g/mol. The second-order valence-electron chi connectivity index (χ2n) is 7.38. The molecule has 0 saturated carbocycles. The molecular weight excluding hydrogens is 312 g/mol. The molecule has 2 aromatic rings. The number of aliphatic hydroxyl groups excluding tert-OH is 1. The van der Waals surface area contributed by atoms with Crippen molar-refractivity contribution in [2.75, 3.05) is 19.0 Å². The smallest absolute Gasteiger partial charge is 0.248 e. The highest BCUT2D eigenvalue weighted by Crippen LogP contribution is 2.39. The number of rotatable bonds is 5. The Hall–Kier alpha value is -2.33. The zero-order chi connectivity index (χ0) is 18.0. The number of hydrogen-bond donors (Lipinski definition) is 2. The fourth-order valence-corrected chi connectivity index (χ4v) is 3.61. The van der Waals surface area contributed by atoms with Crippen molar-refractivity contribution in [3.8, 4) is 0 Å². The zero-order valence-corrected chi connectivity index (χ0v) is 15.1. The first kappa shape index (κ1) is 17.5. The van der Waals surface area contributed by atoms with Crippen LogP contribution in [0, 0.1) is 0 Å². The molecule has 3 rings (SSSR count). The summed E-state index contributed by atoms with van der Waals surface area (Å²) in [7, 11) is 1.70. The highest BCUT2D eigenvalue weighted by Gasteiger charge is 2.38. The fourth-order valence-electron chi connectivity index (χ4n) is 3.61. The molecule has 1 aliphatic carbocycles. The van der Waals surface area contributed by atoms with Gasteiger partial charge in [0.15, 0.2) is 0 Å². The predicted molar refractivity (Wildman–Crippen MR) is 101 cm³/mol. The van der Waals surface area contributed by atoms with Gasteiger partial charge in [-0.15, -0.1) is 0 Å². The highest BCUT2D eigenvalue weighted by molar-refractivity contribution is 5.76. The summed E-state index contributed by atoms with van der Waals surface area (Å²) in [6.45, 7) is 4.63. The van der Waals surface area contributed by atoms with Crippen molar-refractivity contribution in [3.05, 3.63) is 65.2 Å². The number of fused-ring (bicyclic) bond motifs is 1. The van der Waals surface area contributed by atoms with Gasteiger partial charge in [0.1, 0.15) is 6.61 Å². The Labute approximate surface area is 149 Å². The number of carbonyl (C=O) groups is 1. The van der Waals surface area contributed by atoms with Gasteiger partial charge in [-0.1, -0.05) is 50.2 Å². The minimum atomic E-state index is -0.451. The summed E-state index contributed by atoms with van der Waals surface area (Å²) in [4.78, 5) is 13.0. The molecule has 0 spiro atoms. The summed E-state index contributed by atoms with van der Waals surface area (Å²) in [6, 6.07) is 17.2. The van der Waals surface area contributed by atoms with E-state index in [0.29, 0.717) is 12.6 Å². The van der Waals surface area contributed by atoms with E-state index in [-0.39, 0.29) is 11.3 Å². The highest BCUT2D eigenvalue weighted by atomic mass is 16.3. The van der Waals surface area contributed by atoms with Gasteiger partial charge < -0.3 is 15.3 Å². The maximum absolute atomic E-state index is 11.5. The lowest BCUT2D eigenvalue weighted by Gasteiger charge is -2.30. The second kappa shape index (κ2) is 6.89.